The van der Waals surface area contributed by atoms with Gasteiger partial charge in [-0.2, -0.15) is 0 Å². The van der Waals surface area contributed by atoms with Gasteiger partial charge in [-0.25, -0.2) is 0 Å². The lowest BCUT2D eigenvalue weighted by Gasteiger charge is -2.29. The highest BCUT2D eigenvalue weighted by Crippen LogP contribution is 2.03. The summed E-state index contributed by atoms with van der Waals surface area (Å²) >= 11 is 0. The van der Waals surface area contributed by atoms with Crippen LogP contribution in [-0.4, -0.2) is 62.8 Å². The second-order valence-corrected chi connectivity index (χ2v) is 4.00. The molecule has 2 saturated heterocycles. The van der Waals surface area contributed by atoms with Gasteiger partial charge in [-0.1, -0.05) is 0 Å². The Kier molecular flexibility index (Phi) is 3.94. The monoisotopic (exact) mass is 213 g/mol. The van der Waals surface area contributed by atoms with Gasteiger partial charge in [-0.3, -0.25) is 4.79 Å². The van der Waals surface area contributed by atoms with Crippen LogP contribution in [0.3, 0.4) is 0 Å². The minimum atomic E-state index is -0.0446. The lowest BCUT2D eigenvalue weighted by Crippen LogP contribution is -2.56. The van der Waals surface area contributed by atoms with Gasteiger partial charge in [0.05, 0.1) is 12.6 Å². The fourth-order valence-corrected chi connectivity index (χ4v) is 2.01. The summed E-state index contributed by atoms with van der Waals surface area (Å²) in [4.78, 5) is 14.0. The molecule has 0 aromatic heterocycles. The Morgan fingerprint density at radius 1 is 1.27 bits per heavy atom. The summed E-state index contributed by atoms with van der Waals surface area (Å²) in [5.74, 6) is 0.215. The van der Waals surface area contributed by atoms with Gasteiger partial charge in [-0.05, 0) is 6.42 Å². The van der Waals surface area contributed by atoms with Crippen molar-refractivity contribution in [3.8, 4) is 0 Å². The van der Waals surface area contributed by atoms with E-state index in [0.717, 1.165) is 45.8 Å². The van der Waals surface area contributed by atoms with E-state index < -0.39 is 0 Å². The van der Waals surface area contributed by atoms with Crippen molar-refractivity contribution in [3.05, 3.63) is 0 Å². The highest BCUT2D eigenvalue weighted by atomic mass is 16.5. The van der Waals surface area contributed by atoms with Crippen LogP contribution in [0.4, 0.5) is 0 Å². The van der Waals surface area contributed by atoms with Gasteiger partial charge in [0.25, 0.3) is 0 Å². The third-order valence-corrected chi connectivity index (χ3v) is 2.87. The molecule has 0 aliphatic carbocycles. The van der Waals surface area contributed by atoms with E-state index in [0.29, 0.717) is 6.61 Å². The molecule has 1 amide bonds. The van der Waals surface area contributed by atoms with Crippen molar-refractivity contribution in [2.75, 3.05) is 45.9 Å². The molecular formula is C10H19N3O2. The minimum absolute atomic E-state index is 0.0446. The Balaban J connectivity index is 1.87. The Labute approximate surface area is 90.1 Å². The number of ether oxygens (including phenoxy) is 1. The maximum atomic E-state index is 12.1. The summed E-state index contributed by atoms with van der Waals surface area (Å²) in [6.45, 7) is 5.59. The van der Waals surface area contributed by atoms with Crippen molar-refractivity contribution in [2.24, 2.45) is 0 Å². The summed E-state index contributed by atoms with van der Waals surface area (Å²) in [5, 5.41) is 6.47. The maximum absolute atomic E-state index is 12.1. The molecule has 0 bridgehead atoms. The molecule has 1 unspecified atom stereocenters. The van der Waals surface area contributed by atoms with E-state index >= 15 is 0 Å². The third kappa shape index (κ3) is 2.90. The van der Waals surface area contributed by atoms with Crippen LogP contribution in [-0.2, 0) is 9.53 Å². The Bertz CT molecular complexity index is 209. The highest BCUT2D eigenvalue weighted by molar-refractivity contribution is 5.82. The van der Waals surface area contributed by atoms with Crippen molar-refractivity contribution >= 4 is 5.91 Å². The fourth-order valence-electron chi connectivity index (χ4n) is 2.01. The first-order valence-corrected chi connectivity index (χ1v) is 5.68. The predicted molar refractivity (Wildman–Crippen MR) is 56.7 cm³/mol. The first kappa shape index (κ1) is 10.9. The first-order chi connectivity index (χ1) is 7.38. The van der Waals surface area contributed by atoms with Crippen molar-refractivity contribution in [3.63, 3.8) is 0 Å². The number of piperazine rings is 1. The zero-order valence-electron chi connectivity index (χ0n) is 9.00. The number of amides is 1. The van der Waals surface area contributed by atoms with Gasteiger partial charge < -0.3 is 20.3 Å². The molecule has 2 heterocycles. The molecule has 5 heteroatoms. The molecular weight excluding hydrogens is 194 g/mol. The van der Waals surface area contributed by atoms with Crippen LogP contribution in [0, 0.1) is 0 Å². The van der Waals surface area contributed by atoms with Crippen LogP contribution in [0.15, 0.2) is 0 Å². The van der Waals surface area contributed by atoms with Crippen LogP contribution < -0.4 is 10.6 Å². The highest BCUT2D eigenvalue weighted by Gasteiger charge is 2.25. The number of nitrogens with zero attached hydrogens (tertiary/aromatic N) is 1. The van der Waals surface area contributed by atoms with E-state index in [-0.39, 0.29) is 11.9 Å². The predicted octanol–water partition coefficient (Wildman–Crippen LogP) is -1.20. The zero-order chi connectivity index (χ0) is 10.5. The third-order valence-electron chi connectivity index (χ3n) is 2.87. The van der Waals surface area contributed by atoms with Crippen LogP contribution in [0.25, 0.3) is 0 Å². The molecule has 0 aromatic rings. The SMILES string of the molecule is O=C(C1CNCCN1)N1CCCOCC1. The molecule has 1 atom stereocenters. The lowest BCUT2D eigenvalue weighted by atomic mass is 10.2. The molecule has 0 radical (unpaired) electrons. The van der Waals surface area contributed by atoms with Crippen molar-refractivity contribution in [2.45, 2.75) is 12.5 Å². The lowest BCUT2D eigenvalue weighted by molar-refractivity contribution is -0.133. The maximum Gasteiger partial charge on any atom is 0.241 e. The topological polar surface area (TPSA) is 53.6 Å². The zero-order valence-corrected chi connectivity index (χ0v) is 9.00. The van der Waals surface area contributed by atoms with Crippen LogP contribution >= 0.6 is 0 Å². The second-order valence-electron chi connectivity index (χ2n) is 4.00. The Morgan fingerprint density at radius 3 is 3.00 bits per heavy atom. The summed E-state index contributed by atoms with van der Waals surface area (Å²) in [7, 11) is 0. The molecule has 2 N–H and O–H groups in total. The quantitative estimate of drug-likeness (QED) is 0.574. The van der Waals surface area contributed by atoms with E-state index in [2.05, 4.69) is 10.6 Å². The van der Waals surface area contributed by atoms with Gasteiger partial charge in [-0.15, -0.1) is 0 Å². The molecule has 5 nitrogen and oxygen atoms in total. The number of hydrogen-bond acceptors (Lipinski definition) is 4. The molecule has 86 valence electrons. The largest absolute Gasteiger partial charge is 0.380 e. The van der Waals surface area contributed by atoms with Crippen LogP contribution in [0.2, 0.25) is 0 Å². The number of nitrogens with one attached hydrogen (secondary N) is 2. The number of carbonyl (C=O) groups excluding carboxylic acids is 1. The van der Waals surface area contributed by atoms with Crippen molar-refractivity contribution < 1.29 is 9.53 Å². The molecule has 0 spiro atoms. The van der Waals surface area contributed by atoms with E-state index in [1.807, 2.05) is 4.90 Å². The number of hydrogen-bond donors (Lipinski definition) is 2. The molecule has 0 saturated carbocycles. The minimum Gasteiger partial charge on any atom is -0.380 e. The van der Waals surface area contributed by atoms with Gasteiger partial charge in [0.1, 0.15) is 0 Å². The van der Waals surface area contributed by atoms with E-state index in [1.54, 1.807) is 0 Å². The van der Waals surface area contributed by atoms with E-state index in [4.69, 9.17) is 4.74 Å². The summed E-state index contributed by atoms with van der Waals surface area (Å²) in [6.07, 6.45) is 0.950. The molecule has 2 fully saturated rings. The summed E-state index contributed by atoms with van der Waals surface area (Å²) in [5.41, 5.74) is 0. The molecule has 2 rings (SSSR count). The number of rotatable bonds is 1. The van der Waals surface area contributed by atoms with Crippen LogP contribution in [0.1, 0.15) is 6.42 Å². The first-order valence-electron chi connectivity index (χ1n) is 5.68. The van der Waals surface area contributed by atoms with Crippen LogP contribution in [0.5, 0.6) is 0 Å². The Morgan fingerprint density at radius 2 is 2.20 bits per heavy atom. The average molecular weight is 213 g/mol. The van der Waals surface area contributed by atoms with Crippen molar-refractivity contribution in [1.82, 2.24) is 15.5 Å². The summed E-state index contributed by atoms with van der Waals surface area (Å²) < 4.78 is 5.33. The number of carbonyl (C=O) groups is 1. The van der Waals surface area contributed by atoms with E-state index in [1.165, 1.54) is 0 Å². The average Bonchev–Trinajstić information content (AvgIpc) is 2.58. The molecule has 0 aromatic carbocycles. The summed E-state index contributed by atoms with van der Waals surface area (Å²) in [6, 6.07) is -0.0446. The van der Waals surface area contributed by atoms with Gasteiger partial charge >= 0.3 is 0 Å². The smallest absolute Gasteiger partial charge is 0.241 e. The Hall–Kier alpha value is -0.650. The van der Waals surface area contributed by atoms with Gasteiger partial charge in [0.15, 0.2) is 0 Å². The van der Waals surface area contributed by atoms with Gasteiger partial charge in [0, 0.05) is 39.3 Å². The second kappa shape index (κ2) is 5.44. The molecule has 2 aliphatic heterocycles. The normalized spacial score (nSPS) is 28.5. The molecule has 2 aliphatic rings. The molecule has 15 heavy (non-hydrogen) atoms. The van der Waals surface area contributed by atoms with Crippen molar-refractivity contribution in [1.29, 1.82) is 0 Å². The van der Waals surface area contributed by atoms with Gasteiger partial charge in [0.2, 0.25) is 5.91 Å². The van der Waals surface area contributed by atoms with E-state index in [9.17, 15) is 4.79 Å². The standard InChI is InChI=1S/C10H19N3O2/c14-10(9-8-11-2-3-12-9)13-4-1-6-15-7-5-13/h9,11-12H,1-8H2. The fraction of sp³-hybridized carbons (Fsp3) is 0.900.